The molecule has 4 aliphatic rings. The standard InChI is InChI=1S/C41H57N9O9S/c1-41(2,57)34-23-44-48-50(34)29-22-33(38(54)45-31(35(51)36(42)52)14-8-9-19-43-40(56)47-60(58,59)30-17-18-30)49(24-29)39(55)32(20-25-10-4-3-5-11-25)46-37(53)28-16-15-26-12-6-7-13-27(26)21-28/h6-7,12-13,15-16,21,23,25,29-33,44,48,57H,3-5,8-11,14,17-20,22,24H2,1-2H3,(H2,42,52)(H,45,54)(H,46,53)(H2,43,47,56)/t29-,31?,32+,33-/m0/s1. The van der Waals surface area contributed by atoms with Crippen LogP contribution in [-0.4, -0.2) is 107 Å². The van der Waals surface area contributed by atoms with E-state index in [1.165, 1.54) is 4.90 Å². The molecule has 6 amide bonds. The van der Waals surface area contributed by atoms with E-state index in [1.807, 2.05) is 35.1 Å². The van der Waals surface area contributed by atoms with Crippen molar-refractivity contribution in [1.82, 2.24) is 41.5 Å². The number of unbranched alkanes of at least 4 members (excludes halogenated alkanes) is 1. The minimum Gasteiger partial charge on any atom is -0.384 e. The van der Waals surface area contributed by atoms with E-state index in [4.69, 9.17) is 5.73 Å². The molecule has 2 aromatic rings. The molecule has 3 fully saturated rings. The van der Waals surface area contributed by atoms with Crippen LogP contribution < -0.4 is 37.4 Å². The average Bonchev–Trinajstić information content (AvgIpc) is 3.80. The number of nitrogens with two attached hydrogens (primary N) is 1. The fourth-order valence-electron chi connectivity index (χ4n) is 8.31. The number of hydrogen-bond acceptors (Lipinski definition) is 12. The molecular formula is C41H57N9O9S. The predicted octanol–water partition coefficient (Wildman–Crippen LogP) is 1.32. The summed E-state index contributed by atoms with van der Waals surface area (Å²) in [5.41, 5.74) is 10.8. The number of hydrazine groups is 2. The number of benzene rings is 2. The van der Waals surface area contributed by atoms with Crippen LogP contribution in [0.1, 0.15) is 101 Å². The molecule has 2 aliphatic carbocycles. The number of Topliss-reactive ketones (excluding diaryl/α,β-unsaturated/α-hetero) is 1. The van der Waals surface area contributed by atoms with Crippen molar-refractivity contribution < 1.29 is 42.3 Å². The van der Waals surface area contributed by atoms with Crippen LogP contribution in [0.2, 0.25) is 0 Å². The first-order valence-electron chi connectivity index (χ1n) is 20.8. The van der Waals surface area contributed by atoms with Crippen molar-refractivity contribution in [1.29, 1.82) is 0 Å². The second kappa shape index (κ2) is 19.0. The number of primary amides is 1. The zero-order chi connectivity index (χ0) is 43.2. The van der Waals surface area contributed by atoms with Crippen LogP contribution in [0.3, 0.4) is 0 Å². The summed E-state index contributed by atoms with van der Waals surface area (Å²) in [5, 5.41) is 22.0. The maximum absolute atomic E-state index is 14.9. The number of rotatable bonds is 18. The minimum atomic E-state index is -3.74. The first kappa shape index (κ1) is 44.3. The SMILES string of the molecule is CC(C)(O)C1=CNNN1[C@H]1C[C@@H](C(=O)NC(CCCCNC(=O)NS(=O)(=O)C2CC2)C(=O)C(N)=O)N(C(=O)[C@@H](CC2CCCCC2)NC(=O)c2ccc3ccccc3c2)C1. The largest absolute Gasteiger partial charge is 0.384 e. The fourth-order valence-corrected chi connectivity index (χ4v) is 9.57. The minimum absolute atomic E-state index is 0.00463. The number of carbonyl (C=O) groups is 6. The lowest BCUT2D eigenvalue weighted by Gasteiger charge is -2.34. The number of urea groups is 1. The van der Waals surface area contributed by atoms with Gasteiger partial charge in [0.25, 0.3) is 11.8 Å². The van der Waals surface area contributed by atoms with Crippen molar-refractivity contribution in [2.45, 2.75) is 126 Å². The Bertz CT molecular complexity index is 2100. The summed E-state index contributed by atoms with van der Waals surface area (Å²) in [6.07, 6.45) is 8.29. The number of nitrogens with one attached hydrogen (secondary N) is 6. The van der Waals surface area contributed by atoms with Crippen molar-refractivity contribution in [3.63, 3.8) is 0 Å². The summed E-state index contributed by atoms with van der Waals surface area (Å²) in [4.78, 5) is 81.9. The van der Waals surface area contributed by atoms with Gasteiger partial charge in [-0.3, -0.25) is 29.0 Å². The highest BCUT2D eigenvalue weighted by Crippen LogP contribution is 2.33. The quantitative estimate of drug-likeness (QED) is 0.0781. The van der Waals surface area contributed by atoms with E-state index in [2.05, 4.69) is 26.9 Å². The highest BCUT2D eigenvalue weighted by Gasteiger charge is 2.47. The Morgan fingerprint density at radius 1 is 0.933 bits per heavy atom. The molecule has 0 aromatic heterocycles. The Morgan fingerprint density at radius 3 is 2.33 bits per heavy atom. The van der Waals surface area contributed by atoms with Gasteiger partial charge in [-0.2, -0.15) is 0 Å². The van der Waals surface area contributed by atoms with E-state index in [1.54, 1.807) is 37.2 Å². The summed E-state index contributed by atoms with van der Waals surface area (Å²) in [7, 11) is -3.74. The molecule has 2 saturated carbocycles. The van der Waals surface area contributed by atoms with Crippen molar-refractivity contribution in [2.24, 2.45) is 11.7 Å². The lowest BCUT2D eigenvalue weighted by molar-refractivity contribution is -0.142. The molecule has 9 N–H and O–H groups in total. The number of fused-ring (bicyclic) bond motifs is 1. The molecule has 1 saturated heterocycles. The molecule has 60 heavy (non-hydrogen) atoms. The van der Waals surface area contributed by atoms with E-state index in [9.17, 15) is 42.3 Å². The Hall–Kier alpha value is -5.27. The van der Waals surface area contributed by atoms with Crippen LogP contribution in [0.5, 0.6) is 0 Å². The van der Waals surface area contributed by atoms with Gasteiger partial charge in [0.15, 0.2) is 0 Å². The summed E-state index contributed by atoms with van der Waals surface area (Å²) in [6, 6.07) is 7.99. The lowest BCUT2D eigenvalue weighted by atomic mass is 9.84. The van der Waals surface area contributed by atoms with Crippen LogP contribution in [0.15, 0.2) is 54.4 Å². The number of sulfonamides is 1. The normalized spacial score (nSPS) is 20.8. The van der Waals surface area contributed by atoms with Gasteiger partial charge in [0.2, 0.25) is 27.6 Å². The van der Waals surface area contributed by atoms with Gasteiger partial charge in [0.1, 0.15) is 17.7 Å². The molecule has 326 valence electrons. The summed E-state index contributed by atoms with van der Waals surface area (Å²) in [6.45, 7) is 3.25. The first-order valence-corrected chi connectivity index (χ1v) is 22.3. The molecule has 2 aliphatic heterocycles. The number of aliphatic hydroxyl groups is 1. The zero-order valence-electron chi connectivity index (χ0n) is 34.1. The van der Waals surface area contributed by atoms with E-state index in [0.717, 1.165) is 42.9 Å². The van der Waals surface area contributed by atoms with Gasteiger partial charge in [0, 0.05) is 31.3 Å². The van der Waals surface area contributed by atoms with Crippen molar-refractivity contribution in [3.05, 3.63) is 59.9 Å². The maximum Gasteiger partial charge on any atom is 0.328 e. The number of carbonyl (C=O) groups excluding carboxylic acids is 6. The highest BCUT2D eigenvalue weighted by molar-refractivity contribution is 7.90. The molecule has 1 unspecified atom stereocenters. The van der Waals surface area contributed by atoms with Crippen LogP contribution >= 0.6 is 0 Å². The first-order chi connectivity index (χ1) is 28.5. The van der Waals surface area contributed by atoms with Gasteiger partial charge in [-0.05, 0) is 81.2 Å². The molecule has 6 rings (SSSR count). The number of likely N-dealkylation sites (tertiary alicyclic amines) is 1. The molecule has 0 spiro atoms. The third-order valence-electron chi connectivity index (χ3n) is 11.7. The third kappa shape index (κ3) is 11.1. The van der Waals surface area contributed by atoms with Crippen molar-refractivity contribution >= 4 is 56.2 Å². The number of hydrogen-bond donors (Lipinski definition) is 8. The Morgan fingerprint density at radius 2 is 1.65 bits per heavy atom. The molecule has 2 aromatic carbocycles. The van der Waals surface area contributed by atoms with E-state index >= 15 is 0 Å². The number of nitrogens with zero attached hydrogens (tertiary/aromatic N) is 2. The maximum atomic E-state index is 14.9. The van der Waals surface area contributed by atoms with Crippen LogP contribution in [-0.2, 0) is 29.2 Å². The topological polar surface area (TPSA) is 261 Å². The molecule has 19 heteroatoms. The second-order valence-electron chi connectivity index (χ2n) is 16.8. The summed E-state index contributed by atoms with van der Waals surface area (Å²) < 4.78 is 26.1. The van der Waals surface area contributed by atoms with Crippen LogP contribution in [0.4, 0.5) is 4.79 Å². The average molecular weight is 852 g/mol. The van der Waals surface area contributed by atoms with Gasteiger partial charge < -0.3 is 37.1 Å². The van der Waals surface area contributed by atoms with Crippen LogP contribution in [0.25, 0.3) is 10.8 Å². The molecule has 4 atom stereocenters. The van der Waals surface area contributed by atoms with E-state index in [-0.39, 0.29) is 44.7 Å². The molecular weight excluding hydrogens is 795 g/mol. The van der Waals surface area contributed by atoms with Gasteiger partial charge in [-0.25, -0.2) is 17.9 Å². The summed E-state index contributed by atoms with van der Waals surface area (Å²) >= 11 is 0. The van der Waals surface area contributed by atoms with E-state index < -0.39 is 80.5 Å². The third-order valence-corrected chi connectivity index (χ3v) is 13.5. The van der Waals surface area contributed by atoms with Gasteiger partial charge in [0.05, 0.1) is 23.0 Å². The molecule has 2 heterocycles. The second-order valence-corrected chi connectivity index (χ2v) is 18.8. The van der Waals surface area contributed by atoms with Crippen molar-refractivity contribution in [3.8, 4) is 0 Å². The molecule has 0 bridgehead atoms. The smallest absolute Gasteiger partial charge is 0.328 e. The lowest BCUT2D eigenvalue weighted by Crippen LogP contribution is -2.56. The van der Waals surface area contributed by atoms with Crippen molar-refractivity contribution in [2.75, 3.05) is 13.1 Å². The predicted molar refractivity (Wildman–Crippen MR) is 221 cm³/mol. The zero-order valence-corrected chi connectivity index (χ0v) is 34.9. The summed E-state index contributed by atoms with van der Waals surface area (Å²) in [5.74, 6) is -3.79. The Kier molecular flexibility index (Phi) is 14.0. The number of ketones is 1. The number of amides is 6. The van der Waals surface area contributed by atoms with E-state index in [0.29, 0.717) is 30.5 Å². The molecule has 18 nitrogen and oxygen atoms in total. The fraction of sp³-hybridized carbons (Fsp3) is 0.561. The molecule has 0 radical (unpaired) electrons. The van der Waals surface area contributed by atoms with Gasteiger partial charge in [-0.15, -0.1) is 5.53 Å². The monoisotopic (exact) mass is 851 g/mol. The Labute approximate surface area is 349 Å². The van der Waals surface area contributed by atoms with Gasteiger partial charge in [-0.1, -0.05) is 62.4 Å². The van der Waals surface area contributed by atoms with Crippen LogP contribution in [0, 0.1) is 5.92 Å². The Balaban J connectivity index is 1.20. The van der Waals surface area contributed by atoms with Gasteiger partial charge >= 0.3 is 6.03 Å². The highest BCUT2D eigenvalue weighted by atomic mass is 32.2.